The predicted molar refractivity (Wildman–Crippen MR) is 91.8 cm³/mol. The summed E-state index contributed by atoms with van der Waals surface area (Å²) in [6.45, 7) is 6.12. The van der Waals surface area contributed by atoms with Gasteiger partial charge in [-0.2, -0.15) is 0 Å². The molecule has 0 heterocycles. The van der Waals surface area contributed by atoms with Crippen LogP contribution in [-0.2, 0) is 6.42 Å². The maximum atomic E-state index is 10.7. The van der Waals surface area contributed by atoms with Crippen LogP contribution in [0.25, 0.3) is 0 Å². The number of hydrogen-bond acceptors (Lipinski definition) is 3. The molecule has 3 nitrogen and oxygen atoms in total. The molecule has 0 radical (unpaired) electrons. The Balaban J connectivity index is 1.96. The minimum Gasteiger partial charge on any atom is -0.497 e. The molecule has 23 heavy (non-hydrogen) atoms. The minimum absolute atomic E-state index is 0.150. The first kappa shape index (κ1) is 16.8. The molecule has 0 amide bonds. The van der Waals surface area contributed by atoms with E-state index in [4.69, 9.17) is 4.74 Å². The Hall–Kier alpha value is -1.06. The molecule has 1 aromatic rings. The zero-order valence-electron chi connectivity index (χ0n) is 14.8. The van der Waals surface area contributed by atoms with E-state index in [2.05, 4.69) is 25.1 Å². The molecule has 0 spiro atoms. The number of aliphatic hydroxyl groups excluding tert-OH is 1. The van der Waals surface area contributed by atoms with Gasteiger partial charge < -0.3 is 14.9 Å². The zero-order chi connectivity index (χ0) is 16.8. The Morgan fingerprint density at radius 2 is 2.04 bits per heavy atom. The van der Waals surface area contributed by atoms with Gasteiger partial charge in [-0.05, 0) is 80.5 Å². The number of methoxy groups -OCH3 is 1. The lowest BCUT2D eigenvalue weighted by molar-refractivity contribution is -0.135. The molecule has 2 aliphatic rings. The van der Waals surface area contributed by atoms with E-state index in [1.165, 1.54) is 11.1 Å². The lowest BCUT2D eigenvalue weighted by Gasteiger charge is -2.56. The summed E-state index contributed by atoms with van der Waals surface area (Å²) in [6.07, 6.45) is 4.16. The second kappa shape index (κ2) is 5.78. The third-order valence-corrected chi connectivity index (χ3v) is 6.92. The normalized spacial score (nSPS) is 33.7. The van der Waals surface area contributed by atoms with E-state index < -0.39 is 5.60 Å². The van der Waals surface area contributed by atoms with Crippen molar-refractivity contribution in [3.8, 4) is 5.75 Å². The van der Waals surface area contributed by atoms with Gasteiger partial charge in [0.2, 0.25) is 0 Å². The number of ether oxygens (including phenoxy) is 1. The van der Waals surface area contributed by atoms with E-state index in [9.17, 15) is 10.2 Å². The Labute approximate surface area is 139 Å². The van der Waals surface area contributed by atoms with Gasteiger partial charge in [0.15, 0.2) is 0 Å². The lowest BCUT2D eigenvalue weighted by atomic mass is 9.51. The number of benzene rings is 1. The quantitative estimate of drug-likeness (QED) is 0.896. The standard InChI is InChI=1S/C20H30O3/c1-19(2,22)20(3)10-9-16-15-8-6-14(23-4)11-13(15)5-7-17(16)18(20)12-21/h6,8,11,16-18,21-22H,5,7,9-10,12H2,1-4H3/t16-,17-,18+,20+/m1/s1. The van der Waals surface area contributed by atoms with E-state index in [1.54, 1.807) is 7.11 Å². The van der Waals surface area contributed by atoms with Gasteiger partial charge in [-0.1, -0.05) is 13.0 Å². The predicted octanol–water partition coefficient (Wildman–Crippen LogP) is 3.52. The Morgan fingerprint density at radius 3 is 2.65 bits per heavy atom. The second-order valence-electron chi connectivity index (χ2n) is 8.18. The molecule has 0 unspecified atom stereocenters. The van der Waals surface area contributed by atoms with Crippen LogP contribution in [-0.4, -0.2) is 29.5 Å². The van der Waals surface area contributed by atoms with E-state index in [0.717, 1.165) is 31.4 Å². The molecule has 2 N–H and O–H groups in total. The SMILES string of the molecule is COc1ccc2c(c1)CC[C@@H]1[C@@H]2CC[C@](C)(C(C)(C)O)[C@H]1CO. The molecule has 1 saturated carbocycles. The van der Waals surface area contributed by atoms with Crippen molar-refractivity contribution >= 4 is 0 Å². The summed E-state index contributed by atoms with van der Waals surface area (Å²) >= 11 is 0. The number of fused-ring (bicyclic) bond motifs is 3. The van der Waals surface area contributed by atoms with Gasteiger partial charge in [0, 0.05) is 12.0 Å². The number of aliphatic hydroxyl groups is 2. The molecule has 0 aromatic heterocycles. The van der Waals surface area contributed by atoms with Crippen LogP contribution in [0, 0.1) is 17.3 Å². The van der Waals surface area contributed by atoms with Gasteiger partial charge in [-0.25, -0.2) is 0 Å². The topological polar surface area (TPSA) is 49.7 Å². The minimum atomic E-state index is -0.772. The largest absolute Gasteiger partial charge is 0.497 e. The molecular weight excluding hydrogens is 288 g/mol. The van der Waals surface area contributed by atoms with Crippen molar-refractivity contribution in [1.29, 1.82) is 0 Å². The summed E-state index contributed by atoms with van der Waals surface area (Å²) < 4.78 is 5.36. The molecule has 3 rings (SSSR count). The maximum absolute atomic E-state index is 10.7. The summed E-state index contributed by atoms with van der Waals surface area (Å²) in [5.74, 6) is 2.03. The van der Waals surface area contributed by atoms with Crippen molar-refractivity contribution in [3.63, 3.8) is 0 Å². The van der Waals surface area contributed by atoms with Crippen molar-refractivity contribution in [2.45, 2.75) is 58.0 Å². The molecule has 3 heteroatoms. The average Bonchev–Trinajstić information content (AvgIpc) is 2.52. The smallest absolute Gasteiger partial charge is 0.119 e. The van der Waals surface area contributed by atoms with Crippen LogP contribution in [0.15, 0.2) is 18.2 Å². The van der Waals surface area contributed by atoms with Crippen LogP contribution in [0.5, 0.6) is 5.75 Å². The second-order valence-corrected chi connectivity index (χ2v) is 8.18. The van der Waals surface area contributed by atoms with Crippen molar-refractivity contribution in [2.24, 2.45) is 17.3 Å². The molecule has 0 aliphatic heterocycles. The molecule has 4 atom stereocenters. The highest BCUT2D eigenvalue weighted by atomic mass is 16.5. The third kappa shape index (κ3) is 2.58. The third-order valence-electron chi connectivity index (χ3n) is 6.92. The molecule has 0 bridgehead atoms. The van der Waals surface area contributed by atoms with Crippen LogP contribution in [0.3, 0.4) is 0 Å². The molecular formula is C20H30O3. The van der Waals surface area contributed by atoms with Crippen LogP contribution in [0.1, 0.15) is 57.1 Å². The zero-order valence-corrected chi connectivity index (χ0v) is 14.8. The fourth-order valence-corrected chi connectivity index (χ4v) is 5.10. The van der Waals surface area contributed by atoms with Crippen LogP contribution < -0.4 is 4.74 Å². The first-order chi connectivity index (χ1) is 10.8. The number of aryl methyl sites for hydroxylation is 1. The fourth-order valence-electron chi connectivity index (χ4n) is 5.10. The molecule has 1 fully saturated rings. The van der Waals surface area contributed by atoms with Crippen LogP contribution in [0.4, 0.5) is 0 Å². The van der Waals surface area contributed by atoms with Gasteiger partial charge in [-0.3, -0.25) is 0 Å². The van der Waals surface area contributed by atoms with Gasteiger partial charge in [0.1, 0.15) is 5.75 Å². The highest BCUT2D eigenvalue weighted by molar-refractivity contribution is 5.40. The van der Waals surface area contributed by atoms with Gasteiger partial charge in [0.25, 0.3) is 0 Å². The summed E-state index contributed by atoms with van der Waals surface area (Å²) in [5.41, 5.74) is 1.82. The summed E-state index contributed by atoms with van der Waals surface area (Å²) in [5, 5.41) is 20.9. The Bertz CT molecular complexity index is 575. The highest BCUT2D eigenvalue weighted by Gasteiger charge is 2.53. The molecule has 0 saturated heterocycles. The lowest BCUT2D eigenvalue weighted by Crippen LogP contribution is -2.54. The van der Waals surface area contributed by atoms with Crippen molar-refractivity contribution < 1.29 is 14.9 Å². The molecule has 1 aromatic carbocycles. The van der Waals surface area contributed by atoms with Gasteiger partial charge >= 0.3 is 0 Å². The average molecular weight is 318 g/mol. The van der Waals surface area contributed by atoms with Crippen LogP contribution in [0.2, 0.25) is 0 Å². The Kier molecular flexibility index (Phi) is 4.22. The van der Waals surface area contributed by atoms with Crippen LogP contribution >= 0.6 is 0 Å². The fraction of sp³-hybridized carbons (Fsp3) is 0.700. The van der Waals surface area contributed by atoms with Crippen molar-refractivity contribution in [3.05, 3.63) is 29.3 Å². The van der Waals surface area contributed by atoms with Gasteiger partial charge in [0.05, 0.1) is 12.7 Å². The molecule has 128 valence electrons. The van der Waals surface area contributed by atoms with Crippen molar-refractivity contribution in [2.75, 3.05) is 13.7 Å². The summed E-state index contributed by atoms with van der Waals surface area (Å²) in [6, 6.07) is 6.44. The van der Waals surface area contributed by atoms with E-state index in [0.29, 0.717) is 11.8 Å². The number of rotatable bonds is 3. The maximum Gasteiger partial charge on any atom is 0.119 e. The molecule has 2 aliphatic carbocycles. The first-order valence-electron chi connectivity index (χ1n) is 8.82. The van der Waals surface area contributed by atoms with E-state index >= 15 is 0 Å². The number of hydrogen-bond donors (Lipinski definition) is 2. The monoisotopic (exact) mass is 318 g/mol. The van der Waals surface area contributed by atoms with E-state index in [-0.39, 0.29) is 17.9 Å². The summed E-state index contributed by atoms with van der Waals surface area (Å²) in [4.78, 5) is 0. The van der Waals surface area contributed by atoms with Gasteiger partial charge in [-0.15, -0.1) is 0 Å². The van der Waals surface area contributed by atoms with E-state index in [1.807, 2.05) is 13.8 Å². The first-order valence-corrected chi connectivity index (χ1v) is 8.82. The van der Waals surface area contributed by atoms with Crippen molar-refractivity contribution in [1.82, 2.24) is 0 Å². The summed E-state index contributed by atoms with van der Waals surface area (Å²) in [7, 11) is 1.71. The highest BCUT2D eigenvalue weighted by Crippen LogP contribution is 2.58. The Morgan fingerprint density at radius 1 is 1.30 bits per heavy atom.